The van der Waals surface area contributed by atoms with Gasteiger partial charge in [0.15, 0.2) is 5.88 Å². The number of fused-ring (bicyclic) bond motifs is 1. The minimum atomic E-state index is 0.0482. The zero-order valence-corrected chi connectivity index (χ0v) is 11.3. The monoisotopic (exact) mass is 281 g/mol. The van der Waals surface area contributed by atoms with Crippen LogP contribution in [0.2, 0.25) is 0 Å². The average molecular weight is 281 g/mol. The van der Waals surface area contributed by atoms with Gasteiger partial charge in [-0.3, -0.25) is 9.98 Å². The molecule has 106 valence electrons. The number of H-pyrrole nitrogens is 1. The van der Waals surface area contributed by atoms with Gasteiger partial charge in [-0.25, -0.2) is 0 Å². The summed E-state index contributed by atoms with van der Waals surface area (Å²) in [5.41, 5.74) is 3.74. The predicted molar refractivity (Wildman–Crippen MR) is 82.2 cm³/mol. The lowest BCUT2D eigenvalue weighted by molar-refractivity contribution is 0.300. The van der Waals surface area contributed by atoms with E-state index in [9.17, 15) is 5.11 Å². The Labute approximate surface area is 121 Å². The van der Waals surface area contributed by atoms with Gasteiger partial charge < -0.3 is 15.2 Å². The highest BCUT2D eigenvalue weighted by Crippen LogP contribution is 2.25. The van der Waals surface area contributed by atoms with Crippen molar-refractivity contribution in [1.29, 1.82) is 0 Å². The highest BCUT2D eigenvalue weighted by molar-refractivity contribution is 6.00. The average Bonchev–Trinajstić information content (AvgIpc) is 2.82. The quantitative estimate of drug-likeness (QED) is 0.643. The lowest BCUT2D eigenvalue weighted by atomic mass is 10.1. The molecule has 0 atom stereocenters. The van der Waals surface area contributed by atoms with Crippen molar-refractivity contribution in [2.75, 3.05) is 6.61 Å². The molecule has 0 aliphatic heterocycles. The maximum atomic E-state index is 9.96. The molecule has 2 aromatic heterocycles. The number of para-hydroxylation sites is 1. The number of hydrogen-bond donors (Lipinski definition) is 3. The summed E-state index contributed by atoms with van der Waals surface area (Å²) in [5.74, 6) is 0.0482. The van der Waals surface area contributed by atoms with E-state index >= 15 is 0 Å². The third-order valence-corrected chi connectivity index (χ3v) is 3.28. The summed E-state index contributed by atoms with van der Waals surface area (Å²) in [5, 5.41) is 19.0. The number of aliphatic imine (C=N–C) groups is 1. The van der Waals surface area contributed by atoms with Crippen LogP contribution in [0.4, 0.5) is 5.69 Å². The van der Waals surface area contributed by atoms with Crippen molar-refractivity contribution < 1.29 is 10.2 Å². The Balaban J connectivity index is 2.00. The van der Waals surface area contributed by atoms with Crippen molar-refractivity contribution in [1.82, 2.24) is 9.97 Å². The van der Waals surface area contributed by atoms with E-state index in [0.717, 1.165) is 16.8 Å². The summed E-state index contributed by atoms with van der Waals surface area (Å²) in [4.78, 5) is 11.5. The Bertz CT molecular complexity index is 793. The molecule has 1 aromatic carbocycles. The summed E-state index contributed by atoms with van der Waals surface area (Å²) in [6.45, 7) is 0.0758. The first-order chi connectivity index (χ1) is 10.3. The number of aromatic amines is 1. The van der Waals surface area contributed by atoms with Gasteiger partial charge in [0.2, 0.25) is 0 Å². The fourth-order valence-corrected chi connectivity index (χ4v) is 2.25. The molecule has 0 spiro atoms. The van der Waals surface area contributed by atoms with Gasteiger partial charge in [0.1, 0.15) is 5.52 Å². The zero-order valence-electron chi connectivity index (χ0n) is 11.3. The minimum Gasteiger partial charge on any atom is -0.494 e. The molecule has 5 heteroatoms. The molecule has 0 unspecified atom stereocenters. The fourth-order valence-electron chi connectivity index (χ4n) is 2.25. The Hall–Kier alpha value is -2.66. The topological polar surface area (TPSA) is 81.5 Å². The van der Waals surface area contributed by atoms with Crippen LogP contribution in [0.15, 0.2) is 47.6 Å². The standard InChI is InChI=1S/C16H15N3O2/c20-9-7-11-4-1-2-5-13(11)18-10-12-15-14(19-16(12)21)6-3-8-17-15/h1-6,8,10,19-21H,7,9H2. The van der Waals surface area contributed by atoms with Crippen LogP contribution in [0, 0.1) is 0 Å². The maximum absolute atomic E-state index is 9.96. The first kappa shape index (κ1) is 13.3. The molecule has 3 aromatic rings. The molecule has 0 saturated carbocycles. The number of pyridine rings is 1. The second kappa shape index (κ2) is 5.76. The largest absolute Gasteiger partial charge is 0.494 e. The Morgan fingerprint density at radius 2 is 2.05 bits per heavy atom. The van der Waals surface area contributed by atoms with Crippen molar-refractivity contribution >= 4 is 22.9 Å². The van der Waals surface area contributed by atoms with Gasteiger partial charge in [0.05, 0.1) is 16.8 Å². The molecule has 0 bridgehead atoms. The van der Waals surface area contributed by atoms with Crippen molar-refractivity contribution in [3.05, 3.63) is 53.7 Å². The van der Waals surface area contributed by atoms with Crippen LogP contribution < -0.4 is 0 Å². The van der Waals surface area contributed by atoms with E-state index in [2.05, 4.69) is 15.0 Å². The molecule has 0 radical (unpaired) electrons. The van der Waals surface area contributed by atoms with Gasteiger partial charge in [-0.2, -0.15) is 0 Å². The summed E-state index contributed by atoms with van der Waals surface area (Å²) < 4.78 is 0. The van der Waals surface area contributed by atoms with Gasteiger partial charge in [-0.15, -0.1) is 0 Å². The summed E-state index contributed by atoms with van der Waals surface area (Å²) in [7, 11) is 0. The zero-order chi connectivity index (χ0) is 14.7. The second-order valence-electron chi connectivity index (χ2n) is 4.65. The first-order valence-corrected chi connectivity index (χ1v) is 6.68. The number of nitrogens with zero attached hydrogens (tertiary/aromatic N) is 2. The van der Waals surface area contributed by atoms with Gasteiger partial charge in [0, 0.05) is 19.0 Å². The molecule has 2 heterocycles. The number of rotatable bonds is 4. The van der Waals surface area contributed by atoms with Gasteiger partial charge in [-0.1, -0.05) is 18.2 Å². The van der Waals surface area contributed by atoms with Crippen molar-refractivity contribution in [2.24, 2.45) is 4.99 Å². The van der Waals surface area contributed by atoms with Gasteiger partial charge >= 0.3 is 0 Å². The van der Waals surface area contributed by atoms with Crippen LogP contribution in [0.25, 0.3) is 11.0 Å². The second-order valence-corrected chi connectivity index (χ2v) is 4.65. The van der Waals surface area contributed by atoms with Crippen molar-refractivity contribution in [2.45, 2.75) is 6.42 Å². The van der Waals surface area contributed by atoms with Crippen molar-refractivity contribution in [3.63, 3.8) is 0 Å². The van der Waals surface area contributed by atoms with E-state index in [1.807, 2.05) is 30.3 Å². The number of hydrogen-bond acceptors (Lipinski definition) is 4. The Kier molecular flexibility index (Phi) is 3.66. The third-order valence-electron chi connectivity index (χ3n) is 3.28. The lowest BCUT2D eigenvalue weighted by Crippen LogP contribution is -1.91. The van der Waals surface area contributed by atoms with E-state index in [4.69, 9.17) is 5.11 Å². The number of aromatic nitrogens is 2. The number of nitrogens with one attached hydrogen (secondary N) is 1. The van der Waals surface area contributed by atoms with Crippen molar-refractivity contribution in [3.8, 4) is 5.88 Å². The fraction of sp³-hybridized carbons (Fsp3) is 0.125. The normalized spacial score (nSPS) is 11.5. The smallest absolute Gasteiger partial charge is 0.200 e. The number of aliphatic hydroxyl groups is 1. The van der Waals surface area contributed by atoms with E-state index in [0.29, 0.717) is 17.5 Å². The SMILES string of the molecule is OCCc1ccccc1N=Cc1c(O)[nH]c2cccnc12. The molecule has 0 amide bonds. The Morgan fingerprint density at radius 1 is 1.19 bits per heavy atom. The van der Waals surface area contributed by atoms with Crippen LogP contribution in [-0.2, 0) is 6.42 Å². The van der Waals surface area contributed by atoms with Gasteiger partial charge in [-0.05, 0) is 30.2 Å². The van der Waals surface area contributed by atoms with Crippen LogP contribution in [-0.4, -0.2) is 33.0 Å². The summed E-state index contributed by atoms with van der Waals surface area (Å²) in [6, 6.07) is 11.3. The highest BCUT2D eigenvalue weighted by Gasteiger charge is 2.09. The molecular formula is C16H15N3O2. The van der Waals surface area contributed by atoms with E-state index in [-0.39, 0.29) is 12.5 Å². The number of aromatic hydroxyl groups is 1. The number of benzene rings is 1. The van der Waals surface area contributed by atoms with E-state index in [1.54, 1.807) is 18.5 Å². The molecule has 0 aliphatic rings. The van der Waals surface area contributed by atoms with Crippen LogP contribution in [0.3, 0.4) is 0 Å². The van der Waals surface area contributed by atoms with Gasteiger partial charge in [0.25, 0.3) is 0 Å². The summed E-state index contributed by atoms with van der Waals surface area (Å²) in [6.07, 6.45) is 3.82. The molecule has 3 rings (SSSR count). The minimum absolute atomic E-state index is 0.0482. The molecule has 0 saturated heterocycles. The molecular weight excluding hydrogens is 266 g/mol. The Morgan fingerprint density at radius 3 is 2.90 bits per heavy atom. The number of aliphatic hydroxyl groups excluding tert-OH is 1. The van der Waals surface area contributed by atoms with Crippen LogP contribution in [0.5, 0.6) is 5.88 Å². The van der Waals surface area contributed by atoms with E-state index < -0.39 is 0 Å². The first-order valence-electron chi connectivity index (χ1n) is 6.68. The molecule has 0 aliphatic carbocycles. The molecule has 0 fully saturated rings. The van der Waals surface area contributed by atoms with E-state index in [1.165, 1.54) is 0 Å². The summed E-state index contributed by atoms with van der Waals surface area (Å²) >= 11 is 0. The predicted octanol–water partition coefficient (Wildman–Crippen LogP) is 2.55. The third kappa shape index (κ3) is 2.64. The van der Waals surface area contributed by atoms with Crippen LogP contribution in [0.1, 0.15) is 11.1 Å². The molecule has 21 heavy (non-hydrogen) atoms. The lowest BCUT2D eigenvalue weighted by Gasteiger charge is -2.02. The molecule has 3 N–H and O–H groups in total. The van der Waals surface area contributed by atoms with Crippen LogP contribution >= 0.6 is 0 Å². The molecule has 5 nitrogen and oxygen atoms in total. The maximum Gasteiger partial charge on any atom is 0.200 e. The highest BCUT2D eigenvalue weighted by atomic mass is 16.3.